The van der Waals surface area contributed by atoms with Crippen molar-refractivity contribution in [3.63, 3.8) is 0 Å². The van der Waals surface area contributed by atoms with Crippen LogP contribution in [0.3, 0.4) is 0 Å². The average molecular weight is 347 g/mol. The molecular formula is C18H17N7O. The molecule has 26 heavy (non-hydrogen) atoms. The van der Waals surface area contributed by atoms with Crippen molar-refractivity contribution in [2.45, 2.75) is 12.5 Å². The Morgan fingerprint density at radius 2 is 1.96 bits per heavy atom. The molecule has 1 aliphatic heterocycles. The van der Waals surface area contributed by atoms with E-state index in [1.54, 1.807) is 37.1 Å². The summed E-state index contributed by atoms with van der Waals surface area (Å²) in [6.45, 7) is 1.42. The zero-order valence-corrected chi connectivity index (χ0v) is 14.0. The smallest absolute Gasteiger partial charge is 0.289 e. The van der Waals surface area contributed by atoms with Crippen LogP contribution in [0.25, 0.3) is 11.3 Å². The monoisotopic (exact) mass is 347 g/mol. The number of hydrogen-bond donors (Lipinski definition) is 1. The normalized spacial score (nSPS) is 16.5. The summed E-state index contributed by atoms with van der Waals surface area (Å²) in [7, 11) is 0. The number of carbonyl (C=O) groups excluding carboxylic acids is 1. The first kappa shape index (κ1) is 16.1. The highest BCUT2D eigenvalue weighted by Crippen LogP contribution is 2.20. The van der Waals surface area contributed by atoms with E-state index in [0.29, 0.717) is 12.5 Å². The second-order valence-corrected chi connectivity index (χ2v) is 5.96. The summed E-state index contributed by atoms with van der Waals surface area (Å²) in [6, 6.07) is 7.40. The fourth-order valence-electron chi connectivity index (χ4n) is 2.90. The van der Waals surface area contributed by atoms with Crippen LogP contribution >= 0.6 is 0 Å². The molecule has 1 atom stereocenters. The van der Waals surface area contributed by atoms with Gasteiger partial charge in [-0.15, -0.1) is 0 Å². The third-order valence-electron chi connectivity index (χ3n) is 4.18. The standard InChI is InChI=1S/C18H17N7O/c26-17(16-20-7-2-8-21-16)23-14-5-10-25(12-14)18-22-9-4-15(24-18)13-3-1-6-19-11-13/h1-4,6-9,11,14H,5,10,12H2,(H,23,26). The highest BCUT2D eigenvalue weighted by Gasteiger charge is 2.26. The largest absolute Gasteiger partial charge is 0.345 e. The minimum atomic E-state index is -0.262. The molecule has 0 saturated carbocycles. The number of nitrogens with one attached hydrogen (secondary N) is 1. The Balaban J connectivity index is 1.43. The van der Waals surface area contributed by atoms with Crippen LogP contribution in [0.1, 0.15) is 17.0 Å². The highest BCUT2D eigenvalue weighted by molar-refractivity contribution is 5.90. The molecule has 1 aliphatic rings. The fraction of sp³-hybridized carbons (Fsp3) is 0.222. The second kappa shape index (κ2) is 7.22. The van der Waals surface area contributed by atoms with Crippen LogP contribution in [0.2, 0.25) is 0 Å². The van der Waals surface area contributed by atoms with Crippen LogP contribution in [0, 0.1) is 0 Å². The third-order valence-corrected chi connectivity index (χ3v) is 4.18. The lowest BCUT2D eigenvalue weighted by Gasteiger charge is -2.17. The summed E-state index contributed by atoms with van der Waals surface area (Å²) in [5.74, 6) is 0.572. The molecule has 4 rings (SSSR count). The van der Waals surface area contributed by atoms with E-state index in [2.05, 4.69) is 35.1 Å². The number of nitrogens with zero attached hydrogens (tertiary/aromatic N) is 6. The van der Waals surface area contributed by atoms with Crippen LogP contribution in [0.15, 0.2) is 55.2 Å². The molecule has 4 heterocycles. The zero-order valence-electron chi connectivity index (χ0n) is 14.0. The maximum atomic E-state index is 12.2. The predicted octanol–water partition coefficient (Wildman–Crippen LogP) is 1.34. The number of pyridine rings is 1. The summed E-state index contributed by atoms with van der Waals surface area (Å²) < 4.78 is 0. The van der Waals surface area contributed by atoms with Gasteiger partial charge in [-0.2, -0.15) is 0 Å². The van der Waals surface area contributed by atoms with E-state index < -0.39 is 0 Å². The van der Waals surface area contributed by atoms with Gasteiger partial charge in [-0.1, -0.05) is 0 Å². The molecule has 1 unspecified atom stereocenters. The van der Waals surface area contributed by atoms with E-state index in [9.17, 15) is 4.79 Å². The Morgan fingerprint density at radius 3 is 2.77 bits per heavy atom. The van der Waals surface area contributed by atoms with Gasteiger partial charge in [0, 0.05) is 55.7 Å². The van der Waals surface area contributed by atoms with Gasteiger partial charge in [-0.05, 0) is 30.7 Å². The first-order chi connectivity index (χ1) is 12.8. The molecule has 0 spiro atoms. The van der Waals surface area contributed by atoms with Crippen molar-refractivity contribution in [3.8, 4) is 11.3 Å². The average Bonchev–Trinajstić information content (AvgIpc) is 3.18. The number of carbonyl (C=O) groups is 1. The number of hydrogen-bond acceptors (Lipinski definition) is 7. The van der Waals surface area contributed by atoms with Gasteiger partial charge in [-0.3, -0.25) is 9.78 Å². The zero-order chi connectivity index (χ0) is 17.8. The van der Waals surface area contributed by atoms with Crippen molar-refractivity contribution in [1.82, 2.24) is 30.2 Å². The van der Waals surface area contributed by atoms with Crippen LogP contribution < -0.4 is 10.2 Å². The van der Waals surface area contributed by atoms with Crippen LogP contribution in [0.4, 0.5) is 5.95 Å². The van der Waals surface area contributed by atoms with Crippen molar-refractivity contribution in [2.24, 2.45) is 0 Å². The van der Waals surface area contributed by atoms with Gasteiger partial charge in [0.15, 0.2) is 0 Å². The Labute approximate surface area is 150 Å². The Bertz CT molecular complexity index is 888. The number of aromatic nitrogens is 5. The van der Waals surface area contributed by atoms with Gasteiger partial charge >= 0.3 is 0 Å². The summed E-state index contributed by atoms with van der Waals surface area (Å²) in [5, 5.41) is 2.97. The summed E-state index contributed by atoms with van der Waals surface area (Å²) >= 11 is 0. The molecule has 1 amide bonds. The molecule has 3 aromatic heterocycles. The molecule has 0 bridgehead atoms. The number of rotatable bonds is 4. The SMILES string of the molecule is O=C(NC1CCN(c2nccc(-c3cccnc3)n2)C1)c1ncccn1. The molecule has 3 aromatic rings. The predicted molar refractivity (Wildman–Crippen MR) is 95.4 cm³/mol. The number of amides is 1. The van der Waals surface area contributed by atoms with E-state index in [0.717, 1.165) is 24.2 Å². The summed E-state index contributed by atoms with van der Waals surface area (Å²) in [6.07, 6.45) is 9.18. The van der Waals surface area contributed by atoms with Gasteiger partial charge in [-0.25, -0.2) is 19.9 Å². The van der Waals surface area contributed by atoms with E-state index in [1.165, 1.54) is 0 Å². The van der Waals surface area contributed by atoms with E-state index in [-0.39, 0.29) is 17.8 Å². The van der Waals surface area contributed by atoms with Crippen molar-refractivity contribution in [3.05, 3.63) is 61.1 Å². The lowest BCUT2D eigenvalue weighted by Crippen LogP contribution is -2.38. The van der Waals surface area contributed by atoms with E-state index >= 15 is 0 Å². The third kappa shape index (κ3) is 3.49. The van der Waals surface area contributed by atoms with Crippen LogP contribution in [0.5, 0.6) is 0 Å². The lowest BCUT2D eigenvalue weighted by atomic mass is 10.2. The Hall–Kier alpha value is -3.42. The van der Waals surface area contributed by atoms with Gasteiger partial charge in [0.05, 0.1) is 5.69 Å². The molecule has 1 saturated heterocycles. The van der Waals surface area contributed by atoms with Crippen molar-refractivity contribution in [1.29, 1.82) is 0 Å². The molecule has 1 N–H and O–H groups in total. The Morgan fingerprint density at radius 1 is 1.08 bits per heavy atom. The molecule has 0 aliphatic carbocycles. The quantitative estimate of drug-likeness (QED) is 0.760. The topological polar surface area (TPSA) is 96.8 Å². The van der Waals surface area contributed by atoms with Gasteiger partial charge < -0.3 is 10.2 Å². The van der Waals surface area contributed by atoms with E-state index in [1.807, 2.05) is 18.2 Å². The fourth-order valence-corrected chi connectivity index (χ4v) is 2.90. The maximum absolute atomic E-state index is 12.2. The lowest BCUT2D eigenvalue weighted by molar-refractivity contribution is 0.0929. The molecular weight excluding hydrogens is 330 g/mol. The van der Waals surface area contributed by atoms with Crippen LogP contribution in [-0.2, 0) is 0 Å². The summed E-state index contributed by atoms with van der Waals surface area (Å²) in [5.41, 5.74) is 1.77. The minimum Gasteiger partial charge on any atom is -0.345 e. The van der Waals surface area contributed by atoms with Crippen molar-refractivity contribution in [2.75, 3.05) is 18.0 Å². The first-order valence-corrected chi connectivity index (χ1v) is 8.36. The van der Waals surface area contributed by atoms with E-state index in [4.69, 9.17) is 0 Å². The number of anilines is 1. The highest BCUT2D eigenvalue weighted by atomic mass is 16.2. The summed E-state index contributed by atoms with van der Waals surface area (Å²) in [4.78, 5) is 35.3. The van der Waals surface area contributed by atoms with Gasteiger partial charge in [0.1, 0.15) is 0 Å². The molecule has 1 fully saturated rings. The molecule has 8 heteroatoms. The second-order valence-electron chi connectivity index (χ2n) is 5.96. The first-order valence-electron chi connectivity index (χ1n) is 8.36. The molecule has 0 aromatic carbocycles. The maximum Gasteiger partial charge on any atom is 0.289 e. The Kier molecular flexibility index (Phi) is 4.46. The van der Waals surface area contributed by atoms with Gasteiger partial charge in [0.25, 0.3) is 5.91 Å². The molecule has 8 nitrogen and oxygen atoms in total. The minimum absolute atomic E-state index is 0.0111. The molecule has 130 valence electrons. The van der Waals surface area contributed by atoms with Crippen LogP contribution in [-0.4, -0.2) is 50.0 Å². The van der Waals surface area contributed by atoms with Crippen molar-refractivity contribution >= 4 is 11.9 Å². The van der Waals surface area contributed by atoms with Crippen molar-refractivity contribution < 1.29 is 4.79 Å². The van der Waals surface area contributed by atoms with Gasteiger partial charge in [0.2, 0.25) is 11.8 Å². The molecule has 0 radical (unpaired) electrons.